The van der Waals surface area contributed by atoms with Crippen LogP contribution >= 0.6 is 11.6 Å². The molecule has 0 spiro atoms. The van der Waals surface area contributed by atoms with E-state index in [0.29, 0.717) is 28.1 Å². The highest BCUT2D eigenvalue weighted by atomic mass is 35.5. The van der Waals surface area contributed by atoms with Crippen LogP contribution in [0, 0.1) is 5.92 Å². The van der Waals surface area contributed by atoms with Crippen LogP contribution in [0.3, 0.4) is 0 Å². The molecule has 0 amide bonds. The molecule has 0 unspecified atom stereocenters. The summed E-state index contributed by atoms with van der Waals surface area (Å²) >= 11 is 5.97. The van der Waals surface area contributed by atoms with E-state index in [0.717, 1.165) is 5.56 Å². The Hall–Kier alpha value is -2.42. The topological polar surface area (TPSA) is 125 Å². The van der Waals surface area contributed by atoms with Crippen LogP contribution in [0.5, 0.6) is 0 Å². The van der Waals surface area contributed by atoms with Gasteiger partial charge in [0.1, 0.15) is 11.8 Å². The zero-order valence-corrected chi connectivity index (χ0v) is 15.5. The quantitative estimate of drug-likeness (QED) is 0.397. The zero-order valence-electron chi connectivity index (χ0n) is 14.7. The monoisotopic (exact) mass is 388 g/mol. The number of aromatic amines is 1. The van der Waals surface area contributed by atoms with Crippen molar-refractivity contribution in [2.45, 2.75) is 37.5 Å². The Balaban J connectivity index is 1.67. The van der Waals surface area contributed by atoms with Gasteiger partial charge in [-0.1, -0.05) is 30.7 Å². The molecule has 142 valence electrons. The first kappa shape index (κ1) is 18.0. The summed E-state index contributed by atoms with van der Waals surface area (Å²) in [6, 6.07) is 7.27. The van der Waals surface area contributed by atoms with Gasteiger partial charge in [0.05, 0.1) is 24.8 Å². The summed E-state index contributed by atoms with van der Waals surface area (Å²) in [6.07, 6.45) is 1.94. The lowest BCUT2D eigenvalue weighted by Crippen LogP contribution is -2.31. The van der Waals surface area contributed by atoms with Crippen molar-refractivity contribution in [1.82, 2.24) is 19.5 Å². The Labute approximate surface area is 160 Å². The second kappa shape index (κ2) is 6.95. The fourth-order valence-electron chi connectivity index (χ4n) is 4.06. The molecule has 1 fully saturated rings. The number of aliphatic hydroxyl groups excluding tert-OH is 2. The van der Waals surface area contributed by atoms with E-state index >= 15 is 0 Å². The number of nitrogens with two attached hydrogens (primary N) is 1. The number of hydrogen-bond donors (Lipinski definition) is 4. The van der Waals surface area contributed by atoms with Crippen molar-refractivity contribution in [3.05, 3.63) is 53.0 Å². The molecule has 1 aliphatic rings. The van der Waals surface area contributed by atoms with Crippen LogP contribution in [0.4, 0.5) is 0 Å². The number of aliphatic hydroxyl groups is 2. The standard InChI is InChI=1S/C18H21ClN6O2/c1-9(10-2-4-11(19)5-3-10)12-6-13(16(27)15(12)26)25-8-23-14-17(24-20)21-7-22-18(14)25/h2-5,7-9,12-13,15-16,26-27H,6,20H2,1H3,(H,21,22,24)/t9-,12-,13-,15-,16+/m1/s1. The number of aromatic nitrogens is 4. The van der Waals surface area contributed by atoms with Gasteiger partial charge in [-0.15, -0.1) is 0 Å². The maximum Gasteiger partial charge on any atom is 0.202 e. The van der Waals surface area contributed by atoms with Crippen molar-refractivity contribution in [2.75, 3.05) is 0 Å². The van der Waals surface area contributed by atoms with Gasteiger partial charge in [0.2, 0.25) is 5.49 Å². The average Bonchev–Trinajstić information content (AvgIpc) is 3.23. The van der Waals surface area contributed by atoms with E-state index in [4.69, 9.17) is 17.4 Å². The van der Waals surface area contributed by atoms with Crippen LogP contribution in [-0.2, 0) is 0 Å². The smallest absolute Gasteiger partial charge is 0.202 e. The maximum absolute atomic E-state index is 10.7. The Morgan fingerprint density at radius 1 is 1.26 bits per heavy atom. The van der Waals surface area contributed by atoms with Crippen molar-refractivity contribution >= 4 is 22.8 Å². The summed E-state index contributed by atoms with van der Waals surface area (Å²) in [5, 5.41) is 25.7. The number of hydrogen-bond acceptors (Lipinski definition) is 6. The van der Waals surface area contributed by atoms with Gasteiger partial charge in [0.15, 0.2) is 5.52 Å². The second-order valence-electron chi connectivity index (χ2n) is 6.99. The van der Waals surface area contributed by atoms with Crippen molar-refractivity contribution in [1.29, 1.82) is 0 Å². The molecule has 9 heteroatoms. The van der Waals surface area contributed by atoms with E-state index in [2.05, 4.69) is 27.0 Å². The summed E-state index contributed by atoms with van der Waals surface area (Å²) in [6.45, 7) is 2.06. The van der Waals surface area contributed by atoms with Crippen LogP contribution in [0.15, 0.2) is 42.0 Å². The minimum absolute atomic E-state index is 0.0620. The number of rotatable bonds is 3. The third-order valence-electron chi connectivity index (χ3n) is 5.61. The molecule has 0 aliphatic heterocycles. The molecule has 0 bridgehead atoms. The minimum atomic E-state index is -0.915. The first-order valence-electron chi connectivity index (χ1n) is 8.77. The molecule has 1 aliphatic carbocycles. The maximum atomic E-state index is 10.7. The molecule has 1 saturated carbocycles. The lowest BCUT2D eigenvalue weighted by atomic mass is 9.85. The van der Waals surface area contributed by atoms with Gasteiger partial charge in [-0.3, -0.25) is 0 Å². The number of benzene rings is 1. The molecule has 2 heterocycles. The van der Waals surface area contributed by atoms with E-state index < -0.39 is 12.2 Å². The molecular weight excluding hydrogens is 368 g/mol. The molecule has 0 radical (unpaired) electrons. The highest BCUT2D eigenvalue weighted by molar-refractivity contribution is 6.30. The summed E-state index contributed by atoms with van der Waals surface area (Å²) in [5.74, 6) is 5.32. The van der Waals surface area contributed by atoms with Gasteiger partial charge in [-0.25, -0.2) is 9.97 Å². The highest BCUT2D eigenvalue weighted by Gasteiger charge is 2.45. The first-order chi connectivity index (χ1) is 13.0. The van der Waals surface area contributed by atoms with Crippen LogP contribution in [-0.4, -0.2) is 41.9 Å². The van der Waals surface area contributed by atoms with Gasteiger partial charge in [0, 0.05) is 5.02 Å². The molecule has 27 heavy (non-hydrogen) atoms. The van der Waals surface area contributed by atoms with Gasteiger partial charge >= 0.3 is 0 Å². The van der Waals surface area contributed by atoms with E-state index in [9.17, 15) is 10.2 Å². The number of halogens is 1. The molecule has 2 aromatic heterocycles. The predicted octanol–water partition coefficient (Wildman–Crippen LogP) is 1.27. The number of H-pyrrole nitrogens is 1. The molecule has 0 saturated heterocycles. The van der Waals surface area contributed by atoms with Crippen molar-refractivity contribution < 1.29 is 10.2 Å². The third-order valence-corrected chi connectivity index (χ3v) is 5.86. The SMILES string of the molecule is C[C@H](c1ccc(Cl)cc1)[C@H]1C[C@@H](n2cnc3/c(=N\N)nc[nH]c32)[C@H](O)[C@@H]1O. The van der Waals surface area contributed by atoms with Gasteiger partial charge in [-0.05, 0) is 36.0 Å². The van der Waals surface area contributed by atoms with Gasteiger partial charge in [-0.2, -0.15) is 5.10 Å². The molecule has 3 aromatic rings. The van der Waals surface area contributed by atoms with Crippen LogP contribution in [0.25, 0.3) is 11.2 Å². The molecular formula is C18H21ClN6O2. The number of nitrogens with one attached hydrogen (secondary N) is 1. The van der Waals surface area contributed by atoms with Crippen LogP contribution in [0.2, 0.25) is 5.02 Å². The second-order valence-corrected chi connectivity index (χ2v) is 7.43. The molecule has 4 rings (SSSR count). The van der Waals surface area contributed by atoms with Gasteiger partial charge < -0.3 is 25.6 Å². The lowest BCUT2D eigenvalue weighted by molar-refractivity contribution is 0.00286. The van der Waals surface area contributed by atoms with Crippen molar-refractivity contribution in [2.24, 2.45) is 16.9 Å². The Bertz CT molecular complexity index is 1010. The predicted molar refractivity (Wildman–Crippen MR) is 101 cm³/mol. The Morgan fingerprint density at radius 3 is 2.70 bits per heavy atom. The largest absolute Gasteiger partial charge is 0.390 e. The Morgan fingerprint density at radius 2 is 2.00 bits per heavy atom. The van der Waals surface area contributed by atoms with Gasteiger partial charge in [0.25, 0.3) is 0 Å². The van der Waals surface area contributed by atoms with Crippen LogP contribution in [0.1, 0.15) is 30.9 Å². The minimum Gasteiger partial charge on any atom is -0.390 e. The van der Waals surface area contributed by atoms with E-state index in [-0.39, 0.29) is 17.9 Å². The molecule has 5 atom stereocenters. The first-order valence-corrected chi connectivity index (χ1v) is 9.14. The van der Waals surface area contributed by atoms with E-state index in [1.165, 1.54) is 6.33 Å². The lowest BCUT2D eigenvalue weighted by Gasteiger charge is -2.23. The zero-order chi connectivity index (χ0) is 19.1. The summed E-state index contributed by atoms with van der Waals surface area (Å²) in [7, 11) is 0. The number of fused-ring (bicyclic) bond motifs is 1. The highest BCUT2D eigenvalue weighted by Crippen LogP contribution is 2.43. The van der Waals surface area contributed by atoms with E-state index in [1.807, 2.05) is 28.8 Å². The summed E-state index contributed by atoms with van der Waals surface area (Å²) < 4.78 is 1.83. The molecule has 5 N–H and O–H groups in total. The summed E-state index contributed by atoms with van der Waals surface area (Å²) in [5.41, 5.74) is 2.58. The fourth-order valence-corrected chi connectivity index (χ4v) is 4.19. The summed E-state index contributed by atoms with van der Waals surface area (Å²) in [4.78, 5) is 11.4. The molecule has 8 nitrogen and oxygen atoms in total. The fraction of sp³-hybridized carbons (Fsp3) is 0.389. The Kier molecular flexibility index (Phi) is 4.63. The van der Waals surface area contributed by atoms with E-state index in [1.54, 1.807) is 6.33 Å². The normalized spacial score (nSPS) is 27.3. The average molecular weight is 389 g/mol. The van der Waals surface area contributed by atoms with Crippen molar-refractivity contribution in [3.8, 4) is 0 Å². The third kappa shape index (κ3) is 2.99. The number of imidazole rings is 1. The van der Waals surface area contributed by atoms with Crippen LogP contribution < -0.4 is 11.3 Å². The van der Waals surface area contributed by atoms with Crippen molar-refractivity contribution in [3.63, 3.8) is 0 Å². The molecule has 1 aromatic carbocycles. The number of nitrogens with zero attached hydrogens (tertiary/aromatic N) is 4.